The molecule has 0 radical (unpaired) electrons. The van der Waals surface area contributed by atoms with E-state index in [1.807, 2.05) is 0 Å². The minimum absolute atomic E-state index is 0.135. The largest absolute Gasteiger partial charge is 0.390 e. The monoisotopic (exact) mass is 242 g/mol. The van der Waals surface area contributed by atoms with Gasteiger partial charge < -0.3 is 14.6 Å². The number of rotatable bonds is 4. The summed E-state index contributed by atoms with van der Waals surface area (Å²) in [6.07, 6.45) is 7.09. The first-order valence-corrected chi connectivity index (χ1v) is 7.03. The van der Waals surface area contributed by atoms with Crippen LogP contribution in [0.15, 0.2) is 0 Å². The van der Waals surface area contributed by atoms with E-state index in [2.05, 4.69) is 13.8 Å². The van der Waals surface area contributed by atoms with Gasteiger partial charge in [-0.05, 0) is 45.4 Å². The predicted molar refractivity (Wildman–Crippen MR) is 67.0 cm³/mol. The SMILES string of the molecule is CCC1(C)CC(O)(CCC2CCCO2)CCO1. The molecule has 3 heteroatoms. The van der Waals surface area contributed by atoms with Crippen LogP contribution in [0, 0.1) is 0 Å². The highest BCUT2D eigenvalue weighted by atomic mass is 16.5. The molecule has 2 heterocycles. The molecule has 2 aliphatic rings. The van der Waals surface area contributed by atoms with E-state index in [0.29, 0.717) is 12.7 Å². The van der Waals surface area contributed by atoms with Crippen molar-refractivity contribution in [2.45, 2.75) is 76.1 Å². The molecule has 0 aliphatic carbocycles. The third kappa shape index (κ3) is 3.43. The number of ether oxygens (including phenoxy) is 2. The summed E-state index contributed by atoms with van der Waals surface area (Å²) >= 11 is 0. The number of hydrogen-bond acceptors (Lipinski definition) is 3. The van der Waals surface area contributed by atoms with Crippen molar-refractivity contribution >= 4 is 0 Å². The van der Waals surface area contributed by atoms with Crippen molar-refractivity contribution in [2.24, 2.45) is 0 Å². The number of aliphatic hydroxyl groups is 1. The van der Waals surface area contributed by atoms with Gasteiger partial charge in [0.05, 0.1) is 23.9 Å². The Kier molecular flexibility index (Phi) is 4.11. The van der Waals surface area contributed by atoms with Gasteiger partial charge in [-0.25, -0.2) is 0 Å². The lowest BCUT2D eigenvalue weighted by atomic mass is 9.79. The van der Waals surface area contributed by atoms with Crippen LogP contribution in [0.2, 0.25) is 0 Å². The molecular weight excluding hydrogens is 216 g/mol. The van der Waals surface area contributed by atoms with E-state index in [0.717, 1.165) is 45.1 Å². The lowest BCUT2D eigenvalue weighted by molar-refractivity contribution is -0.158. The van der Waals surface area contributed by atoms with Crippen molar-refractivity contribution in [2.75, 3.05) is 13.2 Å². The third-order valence-electron chi connectivity index (χ3n) is 4.42. The van der Waals surface area contributed by atoms with Crippen LogP contribution in [0.25, 0.3) is 0 Å². The maximum Gasteiger partial charge on any atom is 0.0698 e. The highest BCUT2D eigenvalue weighted by Crippen LogP contribution is 2.38. The fourth-order valence-electron chi connectivity index (χ4n) is 3.07. The standard InChI is InChI=1S/C14H26O3/c1-3-13(2)11-14(15,8-10-17-13)7-6-12-5-4-9-16-12/h12,15H,3-11H2,1-2H3. The van der Waals surface area contributed by atoms with Crippen LogP contribution in [0.1, 0.15) is 58.8 Å². The maximum absolute atomic E-state index is 10.7. The third-order valence-corrected chi connectivity index (χ3v) is 4.42. The summed E-state index contributed by atoms with van der Waals surface area (Å²) in [7, 11) is 0. The molecule has 0 amide bonds. The molecule has 2 aliphatic heterocycles. The molecule has 100 valence electrons. The Hall–Kier alpha value is -0.120. The van der Waals surface area contributed by atoms with Crippen LogP contribution in [0.5, 0.6) is 0 Å². The smallest absolute Gasteiger partial charge is 0.0698 e. The molecular formula is C14H26O3. The molecule has 0 bridgehead atoms. The van der Waals surface area contributed by atoms with Crippen LogP contribution >= 0.6 is 0 Å². The second-order valence-corrected chi connectivity index (χ2v) is 5.98. The second kappa shape index (κ2) is 5.25. The molecule has 0 spiro atoms. The van der Waals surface area contributed by atoms with E-state index in [-0.39, 0.29) is 5.60 Å². The summed E-state index contributed by atoms with van der Waals surface area (Å²) in [5.41, 5.74) is -0.668. The minimum atomic E-state index is -0.533. The second-order valence-electron chi connectivity index (χ2n) is 5.98. The Morgan fingerprint density at radius 1 is 1.35 bits per heavy atom. The molecule has 3 atom stereocenters. The molecule has 2 rings (SSSR count). The van der Waals surface area contributed by atoms with Gasteiger partial charge in [-0.1, -0.05) is 6.92 Å². The van der Waals surface area contributed by atoms with Crippen LogP contribution in [0.4, 0.5) is 0 Å². The summed E-state index contributed by atoms with van der Waals surface area (Å²) in [6, 6.07) is 0. The Morgan fingerprint density at radius 2 is 2.18 bits per heavy atom. The van der Waals surface area contributed by atoms with Gasteiger partial charge in [0.25, 0.3) is 0 Å². The Morgan fingerprint density at radius 3 is 2.82 bits per heavy atom. The topological polar surface area (TPSA) is 38.7 Å². The minimum Gasteiger partial charge on any atom is -0.390 e. The van der Waals surface area contributed by atoms with Crippen molar-refractivity contribution in [3.8, 4) is 0 Å². The average Bonchev–Trinajstić information content (AvgIpc) is 2.79. The average molecular weight is 242 g/mol. The fourth-order valence-corrected chi connectivity index (χ4v) is 3.07. The van der Waals surface area contributed by atoms with Crippen molar-refractivity contribution in [3.63, 3.8) is 0 Å². The first-order chi connectivity index (χ1) is 8.05. The van der Waals surface area contributed by atoms with Gasteiger partial charge >= 0.3 is 0 Å². The molecule has 0 aromatic carbocycles. The van der Waals surface area contributed by atoms with Gasteiger partial charge in [0.1, 0.15) is 0 Å². The lowest BCUT2D eigenvalue weighted by Crippen LogP contribution is -2.47. The fraction of sp³-hybridized carbons (Fsp3) is 1.00. The van der Waals surface area contributed by atoms with Gasteiger partial charge in [0.2, 0.25) is 0 Å². The van der Waals surface area contributed by atoms with E-state index in [1.54, 1.807) is 0 Å². The molecule has 0 aromatic rings. The summed E-state index contributed by atoms with van der Waals surface area (Å²) in [5.74, 6) is 0. The van der Waals surface area contributed by atoms with E-state index in [4.69, 9.17) is 9.47 Å². The molecule has 3 nitrogen and oxygen atoms in total. The zero-order valence-corrected chi connectivity index (χ0v) is 11.2. The van der Waals surface area contributed by atoms with Gasteiger partial charge in [-0.3, -0.25) is 0 Å². The zero-order valence-electron chi connectivity index (χ0n) is 11.2. The highest BCUT2D eigenvalue weighted by molar-refractivity contribution is 4.92. The Labute approximate surface area is 104 Å². The van der Waals surface area contributed by atoms with E-state index < -0.39 is 5.60 Å². The van der Waals surface area contributed by atoms with Crippen molar-refractivity contribution in [3.05, 3.63) is 0 Å². The first kappa shape index (κ1) is 13.3. The normalized spacial score (nSPS) is 42.9. The molecule has 2 fully saturated rings. The zero-order chi connectivity index (χ0) is 12.4. The molecule has 17 heavy (non-hydrogen) atoms. The van der Waals surface area contributed by atoms with E-state index in [1.165, 1.54) is 6.42 Å². The lowest BCUT2D eigenvalue weighted by Gasteiger charge is -2.43. The summed E-state index contributed by atoms with van der Waals surface area (Å²) in [6.45, 7) is 5.83. The maximum atomic E-state index is 10.7. The first-order valence-electron chi connectivity index (χ1n) is 7.03. The van der Waals surface area contributed by atoms with Gasteiger partial charge in [0.15, 0.2) is 0 Å². The van der Waals surface area contributed by atoms with Crippen molar-refractivity contribution in [1.82, 2.24) is 0 Å². The van der Waals surface area contributed by atoms with Gasteiger partial charge in [0, 0.05) is 13.0 Å². The molecule has 0 saturated carbocycles. The Bertz CT molecular complexity index is 250. The van der Waals surface area contributed by atoms with Crippen LogP contribution in [0.3, 0.4) is 0 Å². The van der Waals surface area contributed by atoms with Crippen LogP contribution in [-0.2, 0) is 9.47 Å². The number of hydrogen-bond donors (Lipinski definition) is 1. The van der Waals surface area contributed by atoms with Gasteiger partial charge in [-0.2, -0.15) is 0 Å². The summed E-state index contributed by atoms with van der Waals surface area (Å²) in [4.78, 5) is 0. The van der Waals surface area contributed by atoms with Crippen molar-refractivity contribution < 1.29 is 14.6 Å². The predicted octanol–water partition coefficient (Wildman–Crippen LogP) is 2.66. The summed E-state index contributed by atoms with van der Waals surface area (Å²) < 4.78 is 11.4. The quantitative estimate of drug-likeness (QED) is 0.823. The van der Waals surface area contributed by atoms with Crippen LogP contribution in [-0.4, -0.2) is 35.6 Å². The molecule has 0 aromatic heterocycles. The van der Waals surface area contributed by atoms with Crippen LogP contribution < -0.4 is 0 Å². The Balaban J connectivity index is 1.84. The van der Waals surface area contributed by atoms with E-state index in [9.17, 15) is 5.11 Å². The molecule has 3 unspecified atom stereocenters. The highest BCUT2D eigenvalue weighted by Gasteiger charge is 2.41. The van der Waals surface area contributed by atoms with E-state index >= 15 is 0 Å². The van der Waals surface area contributed by atoms with Crippen molar-refractivity contribution in [1.29, 1.82) is 0 Å². The van der Waals surface area contributed by atoms with Gasteiger partial charge in [-0.15, -0.1) is 0 Å². The molecule has 2 saturated heterocycles. The summed E-state index contributed by atoms with van der Waals surface area (Å²) in [5, 5.41) is 10.7. The molecule has 1 N–H and O–H groups in total.